The van der Waals surface area contributed by atoms with E-state index in [2.05, 4.69) is 5.32 Å². The van der Waals surface area contributed by atoms with Gasteiger partial charge in [0.15, 0.2) is 0 Å². The van der Waals surface area contributed by atoms with E-state index in [9.17, 15) is 4.79 Å². The third kappa shape index (κ3) is 7.22. The van der Waals surface area contributed by atoms with Crippen molar-refractivity contribution in [2.75, 3.05) is 19.6 Å². The van der Waals surface area contributed by atoms with E-state index in [1.807, 2.05) is 40.7 Å². The number of nitrogens with zero attached hydrogens (tertiary/aromatic N) is 1. The quantitative estimate of drug-likeness (QED) is 0.447. The molecule has 142 valence electrons. The highest BCUT2D eigenvalue weighted by molar-refractivity contribution is 6.48. The molecule has 0 aliphatic heterocycles. The number of carbonyl (C=O) groups is 1. The summed E-state index contributed by atoms with van der Waals surface area (Å²) >= 11 is 18.3. The summed E-state index contributed by atoms with van der Waals surface area (Å²) in [5.41, 5.74) is 0.414. The maximum Gasteiger partial charge on any atom is 0.410 e. The molecular formula is C18H27Cl3N2O2. The molecule has 0 aliphatic rings. The van der Waals surface area contributed by atoms with Crippen molar-refractivity contribution in [3.8, 4) is 0 Å². The van der Waals surface area contributed by atoms with Crippen molar-refractivity contribution in [1.29, 1.82) is 0 Å². The van der Waals surface area contributed by atoms with Crippen molar-refractivity contribution < 1.29 is 9.53 Å². The van der Waals surface area contributed by atoms with Gasteiger partial charge in [-0.2, -0.15) is 0 Å². The molecule has 0 heterocycles. The normalized spacial score (nSPS) is 12.8. The van der Waals surface area contributed by atoms with Crippen LogP contribution in [0.15, 0.2) is 12.1 Å². The lowest BCUT2D eigenvalue weighted by atomic mass is 10.1. The average Bonchev–Trinajstić information content (AvgIpc) is 2.50. The van der Waals surface area contributed by atoms with Gasteiger partial charge in [-0.1, -0.05) is 40.9 Å². The van der Waals surface area contributed by atoms with Crippen LogP contribution in [-0.4, -0.2) is 36.2 Å². The van der Waals surface area contributed by atoms with Crippen LogP contribution in [0.5, 0.6) is 0 Å². The highest BCUT2D eigenvalue weighted by atomic mass is 35.5. The Kier molecular flexibility index (Phi) is 8.82. The van der Waals surface area contributed by atoms with Gasteiger partial charge in [0.1, 0.15) is 5.60 Å². The van der Waals surface area contributed by atoms with E-state index in [0.717, 1.165) is 18.5 Å². The lowest BCUT2D eigenvalue weighted by Crippen LogP contribution is -2.38. The number of rotatable bonds is 7. The standard InChI is InChI=1S/C18H27Cl3N2O2/c1-6-23(17(24)25-18(3,4)5)11-7-10-22-12(2)13-8-9-14(19)16(21)15(13)20/h8-9,12,22H,6-7,10-11H2,1-5H3. The van der Waals surface area contributed by atoms with Gasteiger partial charge in [0.2, 0.25) is 0 Å². The monoisotopic (exact) mass is 408 g/mol. The van der Waals surface area contributed by atoms with Crippen LogP contribution < -0.4 is 5.32 Å². The molecule has 0 radical (unpaired) electrons. The average molecular weight is 410 g/mol. The zero-order valence-electron chi connectivity index (χ0n) is 15.5. The Bertz CT molecular complexity index is 588. The van der Waals surface area contributed by atoms with Crippen LogP contribution in [0.25, 0.3) is 0 Å². The van der Waals surface area contributed by atoms with Crippen LogP contribution in [0, 0.1) is 0 Å². The molecule has 1 atom stereocenters. The molecule has 1 amide bonds. The lowest BCUT2D eigenvalue weighted by Gasteiger charge is -2.26. The maximum absolute atomic E-state index is 12.1. The van der Waals surface area contributed by atoms with Gasteiger partial charge < -0.3 is 15.0 Å². The van der Waals surface area contributed by atoms with E-state index in [0.29, 0.717) is 28.2 Å². The van der Waals surface area contributed by atoms with Crippen LogP contribution in [0.4, 0.5) is 4.79 Å². The number of benzene rings is 1. The first-order valence-electron chi connectivity index (χ1n) is 8.41. The Hall–Kier alpha value is -0.680. The van der Waals surface area contributed by atoms with Gasteiger partial charge in [0.05, 0.1) is 15.1 Å². The second-order valence-corrected chi connectivity index (χ2v) is 8.02. The zero-order chi connectivity index (χ0) is 19.2. The van der Waals surface area contributed by atoms with Crippen molar-refractivity contribution >= 4 is 40.9 Å². The Morgan fingerprint density at radius 1 is 1.24 bits per heavy atom. The Morgan fingerprint density at radius 3 is 2.44 bits per heavy atom. The minimum absolute atomic E-state index is 0.0267. The number of nitrogens with one attached hydrogen (secondary N) is 1. The third-order valence-electron chi connectivity index (χ3n) is 3.62. The highest BCUT2D eigenvalue weighted by Crippen LogP contribution is 2.35. The molecule has 4 nitrogen and oxygen atoms in total. The third-order valence-corrected chi connectivity index (χ3v) is 4.93. The van der Waals surface area contributed by atoms with Crippen LogP contribution in [0.3, 0.4) is 0 Å². The smallest absolute Gasteiger partial charge is 0.410 e. The van der Waals surface area contributed by atoms with E-state index in [1.54, 1.807) is 11.0 Å². The molecule has 0 fully saturated rings. The largest absolute Gasteiger partial charge is 0.444 e. The van der Waals surface area contributed by atoms with Gasteiger partial charge in [-0.3, -0.25) is 0 Å². The molecule has 1 aromatic carbocycles. The summed E-state index contributed by atoms with van der Waals surface area (Å²) in [6.45, 7) is 11.5. The van der Waals surface area contributed by atoms with Gasteiger partial charge in [0, 0.05) is 19.1 Å². The number of carbonyl (C=O) groups excluding carboxylic acids is 1. The summed E-state index contributed by atoms with van der Waals surface area (Å²) in [5, 5.41) is 4.67. The Labute approximate surface area is 165 Å². The van der Waals surface area contributed by atoms with Gasteiger partial charge in [0.25, 0.3) is 0 Å². The predicted octanol–water partition coefficient (Wildman–Crippen LogP) is 5.94. The molecule has 1 rings (SSSR count). The summed E-state index contributed by atoms with van der Waals surface area (Å²) < 4.78 is 5.40. The van der Waals surface area contributed by atoms with E-state index in [4.69, 9.17) is 39.5 Å². The number of hydrogen-bond donors (Lipinski definition) is 1. The van der Waals surface area contributed by atoms with Gasteiger partial charge in [-0.25, -0.2) is 4.79 Å². The molecule has 25 heavy (non-hydrogen) atoms. The van der Waals surface area contributed by atoms with E-state index < -0.39 is 5.60 Å². The molecule has 1 aromatic rings. The van der Waals surface area contributed by atoms with Crippen molar-refractivity contribution in [3.63, 3.8) is 0 Å². The molecule has 7 heteroatoms. The van der Waals surface area contributed by atoms with Gasteiger partial charge >= 0.3 is 6.09 Å². The first-order chi connectivity index (χ1) is 11.6. The summed E-state index contributed by atoms with van der Waals surface area (Å²) in [6.07, 6.45) is 0.520. The minimum Gasteiger partial charge on any atom is -0.444 e. The topological polar surface area (TPSA) is 41.6 Å². The van der Waals surface area contributed by atoms with Crippen molar-refractivity contribution in [1.82, 2.24) is 10.2 Å². The molecule has 0 aromatic heterocycles. The summed E-state index contributed by atoms with van der Waals surface area (Å²) in [4.78, 5) is 13.8. The first kappa shape index (κ1) is 22.4. The molecule has 0 spiro atoms. The summed E-state index contributed by atoms with van der Waals surface area (Å²) in [6, 6.07) is 3.64. The molecular weight excluding hydrogens is 383 g/mol. The second kappa shape index (κ2) is 9.86. The van der Waals surface area contributed by atoms with E-state index in [1.165, 1.54) is 0 Å². The maximum atomic E-state index is 12.1. The zero-order valence-corrected chi connectivity index (χ0v) is 17.7. The van der Waals surface area contributed by atoms with Gasteiger partial charge in [-0.05, 0) is 59.2 Å². The molecule has 0 bridgehead atoms. The van der Waals surface area contributed by atoms with Crippen molar-refractivity contribution in [2.45, 2.75) is 52.7 Å². The SMILES string of the molecule is CCN(CCCNC(C)c1ccc(Cl)c(Cl)c1Cl)C(=O)OC(C)(C)C. The molecule has 1 N–H and O–H groups in total. The van der Waals surface area contributed by atoms with Crippen LogP contribution in [-0.2, 0) is 4.74 Å². The molecule has 0 saturated carbocycles. The Morgan fingerprint density at radius 2 is 1.88 bits per heavy atom. The first-order valence-corrected chi connectivity index (χ1v) is 9.55. The molecule has 1 unspecified atom stereocenters. The van der Waals surface area contributed by atoms with Crippen molar-refractivity contribution in [2.24, 2.45) is 0 Å². The fourth-order valence-corrected chi connectivity index (χ4v) is 2.99. The van der Waals surface area contributed by atoms with E-state index >= 15 is 0 Å². The number of amides is 1. The molecule has 0 saturated heterocycles. The number of hydrogen-bond acceptors (Lipinski definition) is 3. The number of ether oxygens (including phenoxy) is 1. The van der Waals surface area contributed by atoms with E-state index in [-0.39, 0.29) is 12.1 Å². The van der Waals surface area contributed by atoms with Gasteiger partial charge in [-0.15, -0.1) is 0 Å². The van der Waals surface area contributed by atoms with Crippen LogP contribution >= 0.6 is 34.8 Å². The highest BCUT2D eigenvalue weighted by Gasteiger charge is 2.21. The Balaban J connectivity index is 2.49. The predicted molar refractivity (Wildman–Crippen MR) is 106 cm³/mol. The van der Waals surface area contributed by atoms with Crippen molar-refractivity contribution in [3.05, 3.63) is 32.8 Å². The molecule has 0 aliphatic carbocycles. The minimum atomic E-state index is -0.484. The van der Waals surface area contributed by atoms with Crippen LogP contribution in [0.2, 0.25) is 15.1 Å². The number of halogens is 3. The van der Waals surface area contributed by atoms with Crippen LogP contribution in [0.1, 0.15) is 52.6 Å². The summed E-state index contributed by atoms with van der Waals surface area (Å²) in [7, 11) is 0. The summed E-state index contributed by atoms with van der Waals surface area (Å²) in [5.74, 6) is 0. The fraction of sp³-hybridized carbons (Fsp3) is 0.611. The lowest BCUT2D eigenvalue weighted by molar-refractivity contribution is 0.0258. The fourth-order valence-electron chi connectivity index (χ4n) is 2.28. The second-order valence-electron chi connectivity index (χ2n) is 6.85.